The number of amides is 1. The summed E-state index contributed by atoms with van der Waals surface area (Å²) in [5, 5.41) is 2.89. The Morgan fingerprint density at radius 3 is 2.60 bits per heavy atom. The van der Waals surface area contributed by atoms with Crippen LogP contribution in [0.4, 0.5) is 19.0 Å². The summed E-state index contributed by atoms with van der Waals surface area (Å²) < 4.78 is 37.6. The maximum Gasteiger partial charge on any atom is 0.433 e. The molecule has 5 nitrogen and oxygen atoms in total. The Labute approximate surface area is 113 Å². The van der Waals surface area contributed by atoms with Crippen LogP contribution in [0.1, 0.15) is 18.5 Å². The Balaban J connectivity index is 1.60. The first-order chi connectivity index (χ1) is 9.43. The van der Waals surface area contributed by atoms with E-state index in [0.29, 0.717) is 19.1 Å². The van der Waals surface area contributed by atoms with Gasteiger partial charge in [-0.3, -0.25) is 4.79 Å². The molecule has 1 aliphatic heterocycles. The van der Waals surface area contributed by atoms with Crippen LogP contribution in [0, 0.1) is 5.92 Å². The van der Waals surface area contributed by atoms with E-state index >= 15 is 0 Å². The van der Waals surface area contributed by atoms with Gasteiger partial charge in [0.2, 0.25) is 5.91 Å². The average molecular weight is 286 g/mol. The lowest BCUT2D eigenvalue weighted by Gasteiger charge is -2.39. The first kappa shape index (κ1) is 13.1. The van der Waals surface area contributed by atoms with Gasteiger partial charge in [0.1, 0.15) is 17.8 Å². The van der Waals surface area contributed by atoms with Crippen LogP contribution < -0.4 is 10.2 Å². The molecule has 1 aliphatic carbocycles. The van der Waals surface area contributed by atoms with Gasteiger partial charge in [-0.15, -0.1) is 0 Å². The number of halogens is 3. The molecule has 2 fully saturated rings. The second-order valence-electron chi connectivity index (χ2n) is 5.14. The molecular formula is C12H13F3N4O. The van der Waals surface area contributed by atoms with E-state index in [1.807, 2.05) is 0 Å². The first-order valence-corrected chi connectivity index (χ1v) is 6.38. The Hall–Kier alpha value is -1.86. The van der Waals surface area contributed by atoms with E-state index in [1.165, 1.54) is 0 Å². The summed E-state index contributed by atoms with van der Waals surface area (Å²) in [4.78, 5) is 20.4. The van der Waals surface area contributed by atoms with Crippen LogP contribution in [0.2, 0.25) is 0 Å². The van der Waals surface area contributed by atoms with Crippen LogP contribution in [0.5, 0.6) is 0 Å². The van der Waals surface area contributed by atoms with E-state index in [-0.39, 0.29) is 17.6 Å². The third-order valence-corrected chi connectivity index (χ3v) is 3.44. The quantitative estimate of drug-likeness (QED) is 0.907. The Morgan fingerprint density at radius 2 is 2.00 bits per heavy atom. The van der Waals surface area contributed by atoms with Crippen LogP contribution in [-0.4, -0.2) is 35.0 Å². The monoisotopic (exact) mass is 286 g/mol. The third-order valence-electron chi connectivity index (χ3n) is 3.44. The van der Waals surface area contributed by atoms with Crippen LogP contribution in [-0.2, 0) is 11.0 Å². The van der Waals surface area contributed by atoms with E-state index < -0.39 is 11.9 Å². The lowest BCUT2D eigenvalue weighted by atomic mass is 9.99. The lowest BCUT2D eigenvalue weighted by Crippen LogP contribution is -2.54. The van der Waals surface area contributed by atoms with E-state index in [0.717, 1.165) is 25.2 Å². The van der Waals surface area contributed by atoms with Gasteiger partial charge < -0.3 is 10.2 Å². The van der Waals surface area contributed by atoms with Crippen molar-refractivity contribution in [3.05, 3.63) is 18.1 Å². The van der Waals surface area contributed by atoms with Gasteiger partial charge in [0, 0.05) is 25.2 Å². The van der Waals surface area contributed by atoms with Crippen molar-refractivity contribution in [2.75, 3.05) is 18.0 Å². The van der Waals surface area contributed by atoms with Crippen LogP contribution in [0.3, 0.4) is 0 Å². The zero-order valence-electron chi connectivity index (χ0n) is 10.5. The highest BCUT2D eigenvalue weighted by Gasteiger charge is 2.38. The van der Waals surface area contributed by atoms with Crippen molar-refractivity contribution in [1.29, 1.82) is 0 Å². The van der Waals surface area contributed by atoms with Gasteiger partial charge >= 0.3 is 6.18 Å². The van der Waals surface area contributed by atoms with Gasteiger partial charge in [-0.25, -0.2) is 9.97 Å². The van der Waals surface area contributed by atoms with Crippen molar-refractivity contribution in [3.63, 3.8) is 0 Å². The van der Waals surface area contributed by atoms with Crippen LogP contribution >= 0.6 is 0 Å². The fraction of sp³-hybridized carbons (Fsp3) is 0.583. The number of rotatable bonds is 3. The van der Waals surface area contributed by atoms with Crippen molar-refractivity contribution in [2.45, 2.75) is 25.1 Å². The van der Waals surface area contributed by atoms with Gasteiger partial charge in [0.15, 0.2) is 0 Å². The number of nitrogens with zero attached hydrogens (tertiary/aromatic N) is 3. The minimum absolute atomic E-state index is 0.0196. The molecule has 1 saturated heterocycles. The van der Waals surface area contributed by atoms with Gasteiger partial charge in [0.05, 0.1) is 5.92 Å². The molecule has 3 rings (SSSR count). The number of aromatic nitrogens is 2. The minimum atomic E-state index is -4.48. The molecule has 0 spiro atoms. The Bertz CT molecular complexity index is 524. The standard InChI is InChI=1S/C12H13F3N4O/c13-12(14,15)9-3-10(17-6-16-9)19-4-7(5-19)11(20)18-8-1-2-8/h3,6-8H,1-2,4-5H2,(H,18,20). The smallest absolute Gasteiger partial charge is 0.355 e. The number of hydrogen-bond donors (Lipinski definition) is 1. The molecule has 0 unspecified atom stereocenters. The summed E-state index contributed by atoms with van der Waals surface area (Å²) in [6.07, 6.45) is -1.55. The van der Waals surface area contributed by atoms with E-state index in [9.17, 15) is 18.0 Å². The molecule has 8 heteroatoms. The lowest BCUT2D eigenvalue weighted by molar-refractivity contribution is -0.141. The highest BCUT2D eigenvalue weighted by Crippen LogP contribution is 2.31. The second kappa shape index (κ2) is 4.60. The van der Waals surface area contributed by atoms with Crippen LogP contribution in [0.15, 0.2) is 12.4 Å². The van der Waals surface area contributed by atoms with E-state index in [4.69, 9.17) is 0 Å². The molecule has 2 aliphatic rings. The molecule has 0 bridgehead atoms. The summed E-state index contributed by atoms with van der Waals surface area (Å²) in [5.41, 5.74) is -0.964. The van der Waals surface area contributed by atoms with Crippen LogP contribution in [0.25, 0.3) is 0 Å². The Kier molecular flexibility index (Phi) is 3.02. The molecule has 1 aromatic rings. The predicted octanol–water partition coefficient (Wildman–Crippen LogP) is 1.21. The molecule has 1 saturated carbocycles. The van der Waals surface area contributed by atoms with Crippen molar-refractivity contribution < 1.29 is 18.0 Å². The third kappa shape index (κ3) is 2.68. The number of nitrogens with one attached hydrogen (secondary N) is 1. The van der Waals surface area contributed by atoms with Crippen molar-refractivity contribution in [1.82, 2.24) is 15.3 Å². The summed E-state index contributed by atoms with van der Waals surface area (Å²) in [6, 6.07) is 1.21. The summed E-state index contributed by atoms with van der Waals surface area (Å²) in [6.45, 7) is 0.791. The Morgan fingerprint density at radius 1 is 1.30 bits per heavy atom. The minimum Gasteiger partial charge on any atom is -0.355 e. The number of carbonyl (C=O) groups excluding carboxylic acids is 1. The first-order valence-electron chi connectivity index (χ1n) is 6.38. The largest absolute Gasteiger partial charge is 0.433 e. The SMILES string of the molecule is O=C(NC1CC1)C1CN(c2cc(C(F)(F)F)ncn2)C1. The maximum absolute atomic E-state index is 12.5. The molecular weight excluding hydrogens is 273 g/mol. The summed E-state index contributed by atoms with van der Waals surface area (Å²) in [5.74, 6) is 0.0246. The molecule has 1 N–H and O–H groups in total. The highest BCUT2D eigenvalue weighted by molar-refractivity contribution is 5.82. The average Bonchev–Trinajstić information content (AvgIpc) is 3.10. The normalized spacial score (nSPS) is 19.6. The molecule has 1 aromatic heterocycles. The number of hydrogen-bond acceptors (Lipinski definition) is 4. The van der Waals surface area contributed by atoms with Gasteiger partial charge in [0.25, 0.3) is 0 Å². The fourth-order valence-corrected chi connectivity index (χ4v) is 2.05. The molecule has 0 atom stereocenters. The topological polar surface area (TPSA) is 58.1 Å². The summed E-state index contributed by atoms with van der Waals surface area (Å²) >= 11 is 0. The van der Waals surface area contributed by atoms with Crippen molar-refractivity contribution >= 4 is 11.7 Å². The van der Waals surface area contributed by atoms with Crippen molar-refractivity contribution in [2.24, 2.45) is 5.92 Å². The van der Waals surface area contributed by atoms with E-state index in [2.05, 4.69) is 15.3 Å². The predicted molar refractivity (Wildman–Crippen MR) is 63.9 cm³/mol. The van der Waals surface area contributed by atoms with Gasteiger partial charge in [-0.2, -0.15) is 13.2 Å². The molecule has 0 radical (unpaired) electrons. The fourth-order valence-electron chi connectivity index (χ4n) is 2.05. The van der Waals surface area contributed by atoms with E-state index in [1.54, 1.807) is 4.90 Å². The molecule has 108 valence electrons. The zero-order valence-corrected chi connectivity index (χ0v) is 10.5. The molecule has 2 heterocycles. The zero-order chi connectivity index (χ0) is 14.3. The second-order valence-corrected chi connectivity index (χ2v) is 5.14. The van der Waals surface area contributed by atoms with Gasteiger partial charge in [-0.1, -0.05) is 0 Å². The molecule has 1 amide bonds. The maximum atomic E-state index is 12.5. The van der Waals surface area contributed by atoms with Crippen molar-refractivity contribution in [3.8, 4) is 0 Å². The van der Waals surface area contributed by atoms with Gasteiger partial charge in [-0.05, 0) is 12.8 Å². The number of alkyl halides is 3. The molecule has 20 heavy (non-hydrogen) atoms. The molecule has 0 aromatic carbocycles. The number of anilines is 1. The highest BCUT2D eigenvalue weighted by atomic mass is 19.4. The summed E-state index contributed by atoms with van der Waals surface area (Å²) in [7, 11) is 0. The number of carbonyl (C=O) groups is 1.